The van der Waals surface area contributed by atoms with E-state index in [1.165, 1.54) is 6.33 Å². The molecular weight excluding hydrogens is 617 g/mol. The molecular formula is C31H30N5O5PS2. The van der Waals surface area contributed by atoms with Crippen molar-refractivity contribution in [3.63, 3.8) is 0 Å². The Hall–Kier alpha value is -3.64. The topological polar surface area (TPSA) is 116 Å². The number of nitrogens with zero attached hydrogens (tertiary/aromatic N) is 4. The van der Waals surface area contributed by atoms with Crippen molar-refractivity contribution in [1.29, 1.82) is 0 Å². The van der Waals surface area contributed by atoms with E-state index in [0.717, 1.165) is 28.2 Å². The fraction of sp³-hybridized carbons (Fsp3) is 0.258. The van der Waals surface area contributed by atoms with Gasteiger partial charge >= 0.3 is 0 Å². The highest BCUT2D eigenvalue weighted by atomic mass is 32.9. The molecule has 1 saturated heterocycles. The Bertz CT molecular complexity index is 1690. The molecule has 10 nitrogen and oxygen atoms in total. The molecule has 3 aromatic carbocycles. The fourth-order valence-electron chi connectivity index (χ4n) is 5.60. The minimum absolute atomic E-state index is 0.158. The number of hydrogen-bond donors (Lipinski definition) is 1. The minimum Gasteiger partial charge on any atom is -0.497 e. The van der Waals surface area contributed by atoms with Gasteiger partial charge in [0, 0.05) is 6.42 Å². The lowest BCUT2D eigenvalue weighted by molar-refractivity contribution is -0.0890. The Labute approximate surface area is 266 Å². The Morgan fingerprint density at radius 2 is 1.55 bits per heavy atom. The fourth-order valence-corrected chi connectivity index (χ4v) is 6.71. The standard InChI is InChI=1S/C31H30N5O5PS2/c1-37-23-12-8-21(9-13-23)31(20-6-4-3-5-7-20,22-10-14-24(38-2)15-11-22)39-17-26-25(41-42(43)44)16-27(40-26)36-19-35-28-29(32)33-18-34-30(28)36/h3-15,18-19,25-27H,16-17H2,1-2H3,(H2,32,33,34)/t25-,26+,27+/m0/s1. The van der Waals surface area contributed by atoms with Gasteiger partial charge in [-0.2, -0.15) is 4.52 Å². The van der Waals surface area contributed by atoms with Crippen LogP contribution in [-0.4, -0.2) is 52.6 Å². The molecule has 13 heteroatoms. The monoisotopic (exact) mass is 647 g/mol. The lowest BCUT2D eigenvalue weighted by Gasteiger charge is -2.37. The highest BCUT2D eigenvalue weighted by Gasteiger charge is 2.44. The number of ether oxygens (including phenoxy) is 4. The van der Waals surface area contributed by atoms with E-state index in [1.54, 1.807) is 20.5 Å². The van der Waals surface area contributed by atoms with Crippen LogP contribution < -0.4 is 15.2 Å². The zero-order valence-electron chi connectivity index (χ0n) is 24.0. The summed E-state index contributed by atoms with van der Waals surface area (Å²) in [5.74, 6) is 1.77. The maximum absolute atomic E-state index is 7.09. The molecule has 226 valence electrons. The zero-order chi connectivity index (χ0) is 30.7. The van der Waals surface area contributed by atoms with Gasteiger partial charge in [-0.3, -0.25) is 4.57 Å². The number of anilines is 1. The highest BCUT2D eigenvalue weighted by molar-refractivity contribution is 8.45. The minimum atomic E-state index is -1.50. The third-order valence-electron chi connectivity index (χ3n) is 7.74. The van der Waals surface area contributed by atoms with Crippen molar-refractivity contribution < 1.29 is 23.5 Å². The summed E-state index contributed by atoms with van der Waals surface area (Å²) >= 11 is 10.6. The van der Waals surface area contributed by atoms with E-state index in [4.69, 9.17) is 53.3 Å². The first kappa shape index (κ1) is 30.4. The number of rotatable bonds is 11. The number of nitrogen functional groups attached to an aromatic ring is 1. The quantitative estimate of drug-likeness (QED) is 0.112. The Kier molecular flexibility index (Phi) is 9.08. The van der Waals surface area contributed by atoms with Gasteiger partial charge < -0.3 is 36.9 Å². The second kappa shape index (κ2) is 13.2. The first-order valence-corrected chi connectivity index (χ1v) is 17.1. The number of benzene rings is 3. The smallest absolute Gasteiger partial charge is 0.201 e. The highest BCUT2D eigenvalue weighted by Crippen LogP contribution is 2.44. The zero-order valence-corrected chi connectivity index (χ0v) is 26.5. The molecule has 0 spiro atoms. The van der Waals surface area contributed by atoms with Crippen molar-refractivity contribution in [1.82, 2.24) is 19.5 Å². The van der Waals surface area contributed by atoms with Gasteiger partial charge in [-0.05, 0) is 41.0 Å². The Morgan fingerprint density at radius 1 is 0.932 bits per heavy atom. The molecule has 4 atom stereocenters. The molecule has 3 heterocycles. The van der Waals surface area contributed by atoms with Gasteiger partial charge in [-0.1, -0.05) is 54.6 Å². The first-order chi connectivity index (χ1) is 21.4. The molecule has 2 aromatic heterocycles. The summed E-state index contributed by atoms with van der Waals surface area (Å²) < 4.78 is 32.5. The molecule has 0 aliphatic carbocycles. The summed E-state index contributed by atoms with van der Waals surface area (Å²) in [6.45, 7) is 0.158. The number of imidazole rings is 1. The van der Waals surface area contributed by atoms with E-state index < -0.39 is 30.2 Å². The van der Waals surface area contributed by atoms with Gasteiger partial charge in [-0.25, -0.2) is 15.0 Å². The number of methoxy groups -OCH3 is 2. The molecule has 1 aliphatic rings. The van der Waals surface area contributed by atoms with Crippen LogP contribution in [0.2, 0.25) is 0 Å². The lowest BCUT2D eigenvalue weighted by Crippen LogP contribution is -2.38. The van der Waals surface area contributed by atoms with Crippen molar-refractivity contribution >= 4 is 47.2 Å². The summed E-state index contributed by atoms with van der Waals surface area (Å²) in [6, 6.07) is 25.8. The van der Waals surface area contributed by atoms with Crippen LogP contribution in [0, 0.1) is 0 Å². The second-order valence-electron chi connectivity index (χ2n) is 10.1. The van der Waals surface area contributed by atoms with Crippen LogP contribution in [0.1, 0.15) is 29.3 Å². The normalized spacial score (nSPS) is 18.8. The third-order valence-corrected chi connectivity index (χ3v) is 8.70. The first-order valence-electron chi connectivity index (χ1n) is 13.8. The number of aromatic nitrogens is 4. The maximum Gasteiger partial charge on any atom is 0.201 e. The number of hydrogen-bond acceptors (Lipinski definition) is 11. The third kappa shape index (κ3) is 5.89. The summed E-state index contributed by atoms with van der Waals surface area (Å²) in [7, 11) is 3.29. The predicted molar refractivity (Wildman–Crippen MR) is 173 cm³/mol. The summed E-state index contributed by atoms with van der Waals surface area (Å²) in [5, 5.41) is 0. The molecule has 0 bridgehead atoms. The Balaban J connectivity index is 1.40. The van der Waals surface area contributed by atoms with Gasteiger partial charge in [0.2, 0.25) is 6.13 Å². The van der Waals surface area contributed by atoms with Gasteiger partial charge in [0.1, 0.15) is 47.4 Å². The molecule has 6 rings (SSSR count). The van der Waals surface area contributed by atoms with Gasteiger partial charge in [0.25, 0.3) is 0 Å². The van der Waals surface area contributed by atoms with Crippen molar-refractivity contribution in [3.05, 3.63) is 108 Å². The second-order valence-corrected chi connectivity index (χ2v) is 13.5. The molecule has 5 aromatic rings. The average Bonchev–Trinajstić information content (AvgIpc) is 3.67. The van der Waals surface area contributed by atoms with Crippen LogP contribution in [0.15, 0.2) is 91.5 Å². The molecule has 1 unspecified atom stereocenters. The van der Waals surface area contributed by atoms with Crippen LogP contribution in [0.4, 0.5) is 5.82 Å². The van der Waals surface area contributed by atoms with Crippen LogP contribution in [0.25, 0.3) is 11.2 Å². The summed E-state index contributed by atoms with van der Waals surface area (Å²) in [4.78, 5) is 12.8. The van der Waals surface area contributed by atoms with E-state index in [2.05, 4.69) is 15.0 Å². The van der Waals surface area contributed by atoms with E-state index in [-0.39, 0.29) is 6.61 Å². The van der Waals surface area contributed by atoms with E-state index in [1.807, 2.05) is 83.4 Å². The van der Waals surface area contributed by atoms with E-state index in [0.29, 0.717) is 23.4 Å². The van der Waals surface area contributed by atoms with Gasteiger partial charge in [0.15, 0.2) is 23.3 Å². The lowest BCUT2D eigenvalue weighted by atomic mass is 9.80. The van der Waals surface area contributed by atoms with Gasteiger partial charge in [0.05, 0.1) is 27.2 Å². The Morgan fingerprint density at radius 3 is 2.14 bits per heavy atom. The molecule has 0 amide bonds. The summed E-state index contributed by atoms with van der Waals surface area (Å²) in [5.41, 5.74) is 8.82. The molecule has 2 N–H and O–H groups in total. The summed E-state index contributed by atoms with van der Waals surface area (Å²) in [6.07, 6.45) is 0.637. The van der Waals surface area contributed by atoms with Crippen LogP contribution in [0.3, 0.4) is 0 Å². The molecule has 44 heavy (non-hydrogen) atoms. The SMILES string of the molecule is COc1ccc(C(OC[C@H]2O[C@@H](n3cnc4c(N)ncnc43)C[C@@H]2O[P+](=S)[S-])(c2ccccc2)c2ccc(OC)cc2)cc1. The maximum atomic E-state index is 7.09. The van der Waals surface area contributed by atoms with Crippen LogP contribution in [0.5, 0.6) is 11.5 Å². The van der Waals surface area contributed by atoms with Crippen molar-refractivity contribution in [2.45, 2.75) is 30.5 Å². The van der Waals surface area contributed by atoms with Crippen molar-refractivity contribution in [2.24, 2.45) is 0 Å². The number of nitrogens with two attached hydrogens (primary N) is 1. The van der Waals surface area contributed by atoms with E-state index in [9.17, 15) is 0 Å². The van der Waals surface area contributed by atoms with Crippen LogP contribution in [-0.2, 0) is 43.7 Å². The number of fused-ring (bicyclic) bond motifs is 1. The largest absolute Gasteiger partial charge is 0.497 e. The average molecular weight is 648 g/mol. The molecule has 0 saturated carbocycles. The molecule has 1 aliphatic heterocycles. The molecule has 0 radical (unpaired) electrons. The van der Waals surface area contributed by atoms with Crippen LogP contribution >= 0.6 is 6.13 Å². The van der Waals surface area contributed by atoms with E-state index >= 15 is 0 Å². The molecule has 1 fully saturated rings. The van der Waals surface area contributed by atoms with Crippen molar-refractivity contribution in [2.75, 3.05) is 26.6 Å². The van der Waals surface area contributed by atoms with Crippen molar-refractivity contribution in [3.8, 4) is 11.5 Å². The van der Waals surface area contributed by atoms with Gasteiger partial charge in [-0.15, -0.1) is 0 Å². The predicted octanol–water partition coefficient (Wildman–Crippen LogP) is 5.43.